The molecule has 0 spiro atoms. The van der Waals surface area contributed by atoms with Crippen LogP contribution in [0.5, 0.6) is 0 Å². The van der Waals surface area contributed by atoms with Crippen molar-refractivity contribution in [1.29, 1.82) is 0 Å². The summed E-state index contributed by atoms with van der Waals surface area (Å²) >= 11 is 0. The number of carbonyl (C=O) groups is 2. The summed E-state index contributed by atoms with van der Waals surface area (Å²) in [5, 5.41) is 2.87. The maximum atomic E-state index is 12.2. The molecule has 0 aromatic carbocycles. The second-order valence-corrected chi connectivity index (χ2v) is 10.1. The Bertz CT molecular complexity index is 520. The average molecular weight is 517 g/mol. The molecule has 0 aromatic rings. The number of unbranched alkanes of at least 4 members (excludes halogenated alkanes) is 4. The Hall–Kier alpha value is -1.42. The van der Waals surface area contributed by atoms with E-state index in [1.807, 2.05) is 13.8 Å². The van der Waals surface area contributed by atoms with E-state index in [0.717, 1.165) is 84.1 Å². The van der Waals surface area contributed by atoms with E-state index in [4.69, 9.17) is 14.2 Å². The highest BCUT2D eigenvalue weighted by atomic mass is 16.6. The van der Waals surface area contributed by atoms with Crippen molar-refractivity contribution >= 4 is 12.1 Å². The predicted molar refractivity (Wildman–Crippen MR) is 146 cm³/mol. The molecule has 0 bridgehead atoms. The van der Waals surface area contributed by atoms with Crippen molar-refractivity contribution in [3.63, 3.8) is 0 Å². The second-order valence-electron chi connectivity index (χ2n) is 10.1. The zero-order chi connectivity index (χ0) is 27.0. The maximum absolute atomic E-state index is 12.2. The smallest absolute Gasteiger partial charge is 0.407 e. The average Bonchev–Trinajstić information content (AvgIpc) is 2.79. The number of alkyl carbamates (subject to hydrolysis) is 1. The van der Waals surface area contributed by atoms with Gasteiger partial charge in [0.1, 0.15) is 12.7 Å². The van der Waals surface area contributed by atoms with Gasteiger partial charge in [-0.1, -0.05) is 26.2 Å². The quantitative estimate of drug-likeness (QED) is 0.154. The van der Waals surface area contributed by atoms with Gasteiger partial charge in [0.2, 0.25) is 0 Å². The third-order valence-electron chi connectivity index (χ3n) is 5.65. The van der Waals surface area contributed by atoms with Gasteiger partial charge in [-0.05, 0) is 93.4 Å². The molecular formula is C27H56N4O5. The Morgan fingerprint density at radius 1 is 0.778 bits per heavy atom. The first-order chi connectivity index (χ1) is 17.2. The summed E-state index contributed by atoms with van der Waals surface area (Å²) in [5.74, 6) is -0.150. The van der Waals surface area contributed by atoms with E-state index in [1.54, 1.807) is 0 Å². The van der Waals surface area contributed by atoms with Crippen molar-refractivity contribution in [2.45, 2.75) is 77.7 Å². The molecule has 0 fully saturated rings. The summed E-state index contributed by atoms with van der Waals surface area (Å²) in [6, 6.07) is 0. The minimum Gasteiger partial charge on any atom is -0.463 e. The van der Waals surface area contributed by atoms with E-state index in [0.29, 0.717) is 32.8 Å². The van der Waals surface area contributed by atoms with Gasteiger partial charge in [0.25, 0.3) is 0 Å². The lowest BCUT2D eigenvalue weighted by Crippen LogP contribution is -2.38. The number of nitrogens with zero attached hydrogens (tertiary/aromatic N) is 3. The van der Waals surface area contributed by atoms with Gasteiger partial charge in [0, 0.05) is 26.1 Å². The molecule has 0 saturated carbocycles. The lowest BCUT2D eigenvalue weighted by molar-refractivity contribution is -0.145. The van der Waals surface area contributed by atoms with Gasteiger partial charge in [-0.2, -0.15) is 0 Å². The highest BCUT2D eigenvalue weighted by molar-refractivity contribution is 5.69. The number of esters is 1. The van der Waals surface area contributed by atoms with Crippen molar-refractivity contribution in [1.82, 2.24) is 20.0 Å². The summed E-state index contributed by atoms with van der Waals surface area (Å²) in [7, 11) is 8.37. The molecule has 214 valence electrons. The van der Waals surface area contributed by atoms with E-state index < -0.39 is 0 Å². The van der Waals surface area contributed by atoms with Crippen molar-refractivity contribution < 1.29 is 23.8 Å². The predicted octanol–water partition coefficient (Wildman–Crippen LogP) is 3.62. The number of hydrogen-bond acceptors (Lipinski definition) is 8. The van der Waals surface area contributed by atoms with Crippen molar-refractivity contribution in [3.8, 4) is 0 Å². The highest BCUT2D eigenvalue weighted by Crippen LogP contribution is 2.06. The number of rotatable bonds is 24. The third kappa shape index (κ3) is 24.3. The van der Waals surface area contributed by atoms with Gasteiger partial charge >= 0.3 is 12.1 Å². The molecule has 1 atom stereocenters. The van der Waals surface area contributed by atoms with Crippen LogP contribution >= 0.6 is 0 Å². The standard InChI is InChI=1S/C27H56N4O5/c1-7-21-34-22-23-35-26(32)15-11-9-8-10-12-16-28-27(33)36-25(2)24-31(19-13-17-29(3)4)20-14-18-30(5)6/h25H,7-24H2,1-6H3,(H,28,33). The van der Waals surface area contributed by atoms with E-state index >= 15 is 0 Å². The topological polar surface area (TPSA) is 83.6 Å². The molecule has 9 heteroatoms. The minimum atomic E-state index is -0.338. The number of ether oxygens (including phenoxy) is 3. The van der Waals surface area contributed by atoms with Crippen LogP contribution in [0.25, 0.3) is 0 Å². The fourth-order valence-corrected chi connectivity index (χ4v) is 3.79. The van der Waals surface area contributed by atoms with Crippen molar-refractivity contribution in [2.24, 2.45) is 0 Å². The molecule has 0 aromatic heterocycles. The second kappa shape index (κ2) is 23.9. The molecule has 0 aliphatic rings. The molecule has 0 heterocycles. The minimum absolute atomic E-state index is 0.150. The number of hydrogen-bond donors (Lipinski definition) is 1. The van der Waals surface area contributed by atoms with E-state index in [1.165, 1.54) is 0 Å². The highest BCUT2D eigenvalue weighted by Gasteiger charge is 2.14. The van der Waals surface area contributed by atoms with Crippen LogP contribution in [-0.4, -0.2) is 120 Å². The fourth-order valence-electron chi connectivity index (χ4n) is 3.79. The molecule has 0 radical (unpaired) electrons. The van der Waals surface area contributed by atoms with Crippen LogP contribution in [0.4, 0.5) is 4.79 Å². The Morgan fingerprint density at radius 2 is 1.39 bits per heavy atom. The lowest BCUT2D eigenvalue weighted by atomic mass is 10.1. The lowest BCUT2D eigenvalue weighted by Gasteiger charge is -2.26. The summed E-state index contributed by atoms with van der Waals surface area (Å²) < 4.78 is 16.0. The largest absolute Gasteiger partial charge is 0.463 e. The molecule has 0 aliphatic heterocycles. The van der Waals surface area contributed by atoms with Gasteiger partial charge < -0.3 is 29.3 Å². The van der Waals surface area contributed by atoms with Crippen LogP contribution < -0.4 is 5.32 Å². The monoisotopic (exact) mass is 516 g/mol. The molecular weight excluding hydrogens is 460 g/mol. The molecule has 0 aliphatic carbocycles. The molecule has 0 saturated heterocycles. The van der Waals surface area contributed by atoms with Crippen LogP contribution in [0.15, 0.2) is 0 Å². The van der Waals surface area contributed by atoms with Crippen LogP contribution in [0.2, 0.25) is 0 Å². The first-order valence-electron chi connectivity index (χ1n) is 13.9. The maximum Gasteiger partial charge on any atom is 0.407 e. The van der Waals surface area contributed by atoms with Gasteiger partial charge in [0.05, 0.1) is 6.61 Å². The summed E-state index contributed by atoms with van der Waals surface area (Å²) in [4.78, 5) is 30.6. The van der Waals surface area contributed by atoms with E-state index in [-0.39, 0.29) is 18.2 Å². The van der Waals surface area contributed by atoms with Crippen LogP contribution in [0.1, 0.15) is 71.6 Å². The fraction of sp³-hybridized carbons (Fsp3) is 0.926. The Labute approximate surface area is 221 Å². The first kappa shape index (κ1) is 34.6. The number of carbonyl (C=O) groups excluding carboxylic acids is 2. The Morgan fingerprint density at radius 3 is 2.00 bits per heavy atom. The third-order valence-corrected chi connectivity index (χ3v) is 5.65. The number of amides is 1. The summed E-state index contributed by atoms with van der Waals surface area (Å²) in [5.41, 5.74) is 0. The van der Waals surface area contributed by atoms with Gasteiger partial charge in [0.15, 0.2) is 0 Å². The van der Waals surface area contributed by atoms with Crippen LogP contribution in [-0.2, 0) is 19.0 Å². The first-order valence-corrected chi connectivity index (χ1v) is 13.9. The van der Waals surface area contributed by atoms with E-state index in [9.17, 15) is 9.59 Å². The van der Waals surface area contributed by atoms with Gasteiger partial charge in [-0.15, -0.1) is 0 Å². The van der Waals surface area contributed by atoms with E-state index in [2.05, 4.69) is 48.2 Å². The molecule has 1 unspecified atom stereocenters. The molecule has 1 amide bonds. The van der Waals surface area contributed by atoms with Crippen LogP contribution in [0, 0.1) is 0 Å². The Kier molecular flexibility index (Phi) is 23.0. The van der Waals surface area contributed by atoms with Crippen LogP contribution in [0.3, 0.4) is 0 Å². The van der Waals surface area contributed by atoms with Gasteiger partial charge in [-0.25, -0.2) is 4.79 Å². The zero-order valence-corrected chi connectivity index (χ0v) is 24.2. The normalized spacial score (nSPS) is 12.4. The summed E-state index contributed by atoms with van der Waals surface area (Å²) in [6.07, 6.45) is 7.92. The Balaban J connectivity index is 3.87. The SMILES string of the molecule is CCCOCCOC(=O)CCCCCCCNC(=O)OC(C)CN(CCCN(C)C)CCCN(C)C. The molecule has 0 rings (SSSR count). The molecule has 1 N–H and O–H groups in total. The number of nitrogens with one attached hydrogen (secondary N) is 1. The van der Waals surface area contributed by atoms with Crippen molar-refractivity contribution in [3.05, 3.63) is 0 Å². The zero-order valence-electron chi connectivity index (χ0n) is 24.2. The van der Waals surface area contributed by atoms with Gasteiger partial charge in [-0.3, -0.25) is 9.69 Å². The molecule has 9 nitrogen and oxygen atoms in total. The van der Waals surface area contributed by atoms with Crippen molar-refractivity contribution in [2.75, 3.05) is 87.3 Å². The summed E-state index contributed by atoms with van der Waals surface area (Å²) in [6.45, 7) is 11.0. The molecule has 36 heavy (non-hydrogen) atoms.